The molecule has 0 heterocycles. The van der Waals surface area contributed by atoms with E-state index in [4.69, 9.17) is 0 Å². The first-order valence-corrected chi connectivity index (χ1v) is 6.56. The molecule has 90 valence electrons. The molecule has 2 nitrogen and oxygen atoms in total. The maximum atomic E-state index is 12.3. The van der Waals surface area contributed by atoms with E-state index in [0.29, 0.717) is 4.47 Å². The third-order valence-electron chi connectivity index (χ3n) is 2.13. The van der Waals surface area contributed by atoms with Crippen LogP contribution in [0.25, 0.3) is 0 Å². The quantitative estimate of drug-likeness (QED) is 0.837. The molecule has 0 bridgehead atoms. The summed E-state index contributed by atoms with van der Waals surface area (Å²) >= 11 is 3.11. The van der Waals surface area contributed by atoms with E-state index in [0.717, 1.165) is 6.92 Å². The Morgan fingerprint density at radius 1 is 1.19 bits per heavy atom. The predicted octanol–water partition coefficient (Wildman–Crippen LogP) is 3.44. The molecule has 1 atom stereocenters. The molecule has 1 unspecified atom stereocenters. The highest BCUT2D eigenvalue weighted by atomic mass is 79.9. The van der Waals surface area contributed by atoms with Crippen molar-refractivity contribution in [3.8, 4) is 0 Å². The maximum Gasteiger partial charge on any atom is 0.497 e. The number of hydrogen-bond donors (Lipinski definition) is 0. The first-order chi connectivity index (χ1) is 7.16. The summed E-state index contributed by atoms with van der Waals surface area (Å²) in [6.07, 6.45) is 0. The minimum absolute atomic E-state index is 0.112. The summed E-state index contributed by atoms with van der Waals surface area (Å²) in [5.41, 5.74) is -5.11. The molecule has 0 aliphatic heterocycles. The summed E-state index contributed by atoms with van der Waals surface area (Å²) in [4.78, 5) is 0. The van der Waals surface area contributed by atoms with E-state index in [2.05, 4.69) is 15.9 Å². The van der Waals surface area contributed by atoms with Crippen LogP contribution in [0.2, 0.25) is 0 Å². The molecule has 7 heteroatoms. The van der Waals surface area contributed by atoms with Gasteiger partial charge in [0.2, 0.25) is 0 Å². The highest BCUT2D eigenvalue weighted by Crippen LogP contribution is 2.35. The molecule has 0 aliphatic carbocycles. The smallest absolute Gasteiger partial charge is 0.219 e. The van der Waals surface area contributed by atoms with Gasteiger partial charge in [-0.3, -0.25) is 0 Å². The van der Waals surface area contributed by atoms with Crippen molar-refractivity contribution in [1.82, 2.24) is 0 Å². The van der Waals surface area contributed by atoms with E-state index in [1.54, 1.807) is 0 Å². The van der Waals surface area contributed by atoms with Crippen LogP contribution in [0, 0.1) is 0 Å². The molecule has 0 saturated carbocycles. The fourth-order valence-corrected chi connectivity index (χ4v) is 2.29. The number of hydrogen-bond acceptors (Lipinski definition) is 2. The van der Waals surface area contributed by atoms with Gasteiger partial charge < -0.3 is 0 Å². The van der Waals surface area contributed by atoms with Crippen molar-refractivity contribution < 1.29 is 21.6 Å². The SMILES string of the molecule is CC(c1ccc(Br)cc1)S(=O)(=O)C(F)(F)F. The fourth-order valence-electron chi connectivity index (χ4n) is 1.11. The van der Waals surface area contributed by atoms with E-state index in [9.17, 15) is 21.6 Å². The van der Waals surface area contributed by atoms with Crippen LogP contribution in [0.15, 0.2) is 28.7 Å². The van der Waals surface area contributed by atoms with Crippen LogP contribution in [0.3, 0.4) is 0 Å². The lowest BCUT2D eigenvalue weighted by molar-refractivity contribution is -0.0443. The van der Waals surface area contributed by atoms with Crippen LogP contribution in [-0.2, 0) is 9.84 Å². The number of halogens is 4. The molecule has 1 aromatic carbocycles. The summed E-state index contributed by atoms with van der Waals surface area (Å²) in [6, 6.07) is 5.69. The van der Waals surface area contributed by atoms with Crippen molar-refractivity contribution in [1.29, 1.82) is 0 Å². The topological polar surface area (TPSA) is 34.1 Å². The summed E-state index contributed by atoms with van der Waals surface area (Å²) in [7, 11) is -5.16. The highest BCUT2D eigenvalue weighted by molar-refractivity contribution is 9.10. The van der Waals surface area contributed by atoms with Crippen molar-refractivity contribution >= 4 is 25.8 Å². The van der Waals surface area contributed by atoms with Crippen LogP contribution in [0.1, 0.15) is 17.7 Å². The van der Waals surface area contributed by atoms with Crippen LogP contribution >= 0.6 is 15.9 Å². The maximum absolute atomic E-state index is 12.3. The van der Waals surface area contributed by atoms with Gasteiger partial charge in [0.1, 0.15) is 0 Å². The second-order valence-corrected chi connectivity index (χ2v) is 6.36. The van der Waals surface area contributed by atoms with E-state index in [1.807, 2.05) is 0 Å². The van der Waals surface area contributed by atoms with Gasteiger partial charge in [0.05, 0.1) is 5.25 Å². The number of sulfone groups is 1. The van der Waals surface area contributed by atoms with Gasteiger partial charge in [0.25, 0.3) is 9.84 Å². The molecular weight excluding hydrogens is 309 g/mol. The average Bonchev–Trinajstić information content (AvgIpc) is 2.16. The molecule has 0 saturated heterocycles. The summed E-state index contributed by atoms with van der Waals surface area (Å²) < 4.78 is 59.6. The van der Waals surface area contributed by atoms with Crippen LogP contribution < -0.4 is 0 Å². The Labute approximate surface area is 99.5 Å². The molecule has 0 radical (unpaired) electrons. The number of rotatable bonds is 2. The molecule has 0 fully saturated rings. The molecule has 1 aromatic rings. The van der Waals surface area contributed by atoms with E-state index in [-0.39, 0.29) is 5.56 Å². The molecule has 0 aliphatic rings. The largest absolute Gasteiger partial charge is 0.497 e. The Kier molecular flexibility index (Phi) is 3.69. The monoisotopic (exact) mass is 316 g/mol. The van der Waals surface area contributed by atoms with Gasteiger partial charge in [0, 0.05) is 4.47 Å². The lowest BCUT2D eigenvalue weighted by Gasteiger charge is -2.15. The number of benzene rings is 1. The predicted molar refractivity (Wildman–Crippen MR) is 57.5 cm³/mol. The van der Waals surface area contributed by atoms with Crippen molar-refractivity contribution in [3.63, 3.8) is 0 Å². The fraction of sp³-hybridized carbons (Fsp3) is 0.333. The van der Waals surface area contributed by atoms with Gasteiger partial charge in [-0.05, 0) is 24.6 Å². The summed E-state index contributed by atoms with van der Waals surface area (Å²) in [5.74, 6) is 0. The van der Waals surface area contributed by atoms with Gasteiger partial charge in [-0.15, -0.1) is 0 Å². The first kappa shape index (κ1) is 13.5. The zero-order valence-corrected chi connectivity index (χ0v) is 10.5. The lowest BCUT2D eigenvalue weighted by Crippen LogP contribution is -2.27. The molecular formula is C9H8BrF3O2S. The van der Waals surface area contributed by atoms with Crippen LogP contribution in [-0.4, -0.2) is 13.9 Å². The van der Waals surface area contributed by atoms with E-state index < -0.39 is 20.6 Å². The molecule has 16 heavy (non-hydrogen) atoms. The standard InChI is InChI=1S/C9H8BrF3O2S/c1-6(16(14,15)9(11,12)13)7-2-4-8(10)5-3-7/h2-6H,1H3. The molecule has 0 N–H and O–H groups in total. The van der Waals surface area contributed by atoms with Gasteiger partial charge in [-0.1, -0.05) is 28.1 Å². The van der Waals surface area contributed by atoms with Crippen molar-refractivity contribution in [2.24, 2.45) is 0 Å². The normalized spacial score (nSPS) is 14.8. The zero-order valence-electron chi connectivity index (χ0n) is 8.12. The average molecular weight is 317 g/mol. The van der Waals surface area contributed by atoms with E-state index >= 15 is 0 Å². The van der Waals surface area contributed by atoms with Crippen molar-refractivity contribution in [3.05, 3.63) is 34.3 Å². The second kappa shape index (κ2) is 4.37. The molecule has 1 rings (SSSR count). The highest BCUT2D eigenvalue weighted by Gasteiger charge is 2.49. The zero-order chi connectivity index (χ0) is 12.6. The first-order valence-electron chi connectivity index (χ1n) is 4.22. The molecule has 0 aromatic heterocycles. The van der Waals surface area contributed by atoms with E-state index in [1.165, 1.54) is 24.3 Å². The van der Waals surface area contributed by atoms with Crippen molar-refractivity contribution in [2.45, 2.75) is 17.7 Å². The Morgan fingerprint density at radius 3 is 2.00 bits per heavy atom. The van der Waals surface area contributed by atoms with Gasteiger partial charge >= 0.3 is 5.51 Å². The third kappa shape index (κ3) is 2.57. The minimum Gasteiger partial charge on any atom is -0.219 e. The molecule has 0 spiro atoms. The number of alkyl halides is 3. The second-order valence-electron chi connectivity index (χ2n) is 3.18. The minimum atomic E-state index is -5.22. The van der Waals surface area contributed by atoms with Gasteiger partial charge in [0.15, 0.2) is 0 Å². The third-order valence-corrected chi connectivity index (χ3v) is 4.50. The Morgan fingerprint density at radius 2 is 1.62 bits per heavy atom. The van der Waals surface area contributed by atoms with Crippen LogP contribution in [0.4, 0.5) is 13.2 Å². The van der Waals surface area contributed by atoms with Crippen LogP contribution in [0.5, 0.6) is 0 Å². The Balaban J connectivity index is 3.13. The van der Waals surface area contributed by atoms with Gasteiger partial charge in [-0.25, -0.2) is 8.42 Å². The van der Waals surface area contributed by atoms with Gasteiger partial charge in [-0.2, -0.15) is 13.2 Å². The summed E-state index contributed by atoms with van der Waals surface area (Å²) in [6.45, 7) is 1.02. The Bertz CT molecular complexity index is 465. The van der Waals surface area contributed by atoms with Crippen molar-refractivity contribution in [2.75, 3.05) is 0 Å². The Hall–Kier alpha value is -0.560. The lowest BCUT2D eigenvalue weighted by atomic mass is 10.2. The summed E-state index contributed by atoms with van der Waals surface area (Å²) in [5, 5.41) is -1.60. The molecule has 0 amide bonds.